The Labute approximate surface area is 109 Å². The number of hydrogen-bond donors (Lipinski definition) is 1. The molecule has 3 heteroatoms. The topological polar surface area (TPSA) is 43.8 Å². The number of nitrogen functional groups attached to an aromatic ring is 1. The summed E-state index contributed by atoms with van der Waals surface area (Å²) in [4.78, 5) is 4.74. The van der Waals surface area contributed by atoms with Gasteiger partial charge in [0.25, 0.3) is 0 Å². The first kappa shape index (κ1) is 12.7. The van der Waals surface area contributed by atoms with Gasteiger partial charge in [0.1, 0.15) is 11.6 Å². The van der Waals surface area contributed by atoms with E-state index in [-0.39, 0.29) is 0 Å². The first-order valence-electron chi connectivity index (χ1n) is 6.56. The van der Waals surface area contributed by atoms with Crippen molar-refractivity contribution in [3.63, 3.8) is 0 Å². The van der Waals surface area contributed by atoms with E-state index < -0.39 is 0 Å². The molecule has 18 heavy (non-hydrogen) atoms. The van der Waals surface area contributed by atoms with Crippen molar-refractivity contribution in [1.82, 2.24) is 9.55 Å². The van der Waals surface area contributed by atoms with Gasteiger partial charge in [-0.05, 0) is 12.3 Å². The molecular formula is C15H21N3. The second-order valence-corrected chi connectivity index (χ2v) is 4.88. The molecule has 0 spiro atoms. The fourth-order valence-electron chi connectivity index (χ4n) is 2.17. The zero-order chi connectivity index (χ0) is 13.1. The Morgan fingerprint density at radius 1 is 1.22 bits per heavy atom. The quantitative estimate of drug-likeness (QED) is 0.890. The van der Waals surface area contributed by atoms with Crippen molar-refractivity contribution in [2.75, 3.05) is 5.73 Å². The third-order valence-corrected chi connectivity index (χ3v) is 3.06. The van der Waals surface area contributed by atoms with Gasteiger partial charge in [-0.15, -0.1) is 0 Å². The summed E-state index contributed by atoms with van der Waals surface area (Å²) in [5.41, 5.74) is 8.36. The number of hydrogen-bond acceptors (Lipinski definition) is 2. The molecule has 0 bridgehead atoms. The Morgan fingerprint density at radius 2 is 1.89 bits per heavy atom. The van der Waals surface area contributed by atoms with Gasteiger partial charge in [0.15, 0.2) is 0 Å². The van der Waals surface area contributed by atoms with Crippen molar-refractivity contribution in [2.45, 2.75) is 39.7 Å². The molecule has 0 radical (unpaired) electrons. The van der Waals surface area contributed by atoms with Crippen LogP contribution in [0.5, 0.6) is 0 Å². The van der Waals surface area contributed by atoms with Gasteiger partial charge in [-0.1, -0.05) is 51.1 Å². The molecule has 1 aromatic heterocycles. The van der Waals surface area contributed by atoms with Gasteiger partial charge < -0.3 is 10.3 Å². The highest BCUT2D eigenvalue weighted by molar-refractivity contribution is 5.60. The van der Waals surface area contributed by atoms with Gasteiger partial charge in [-0.2, -0.15) is 0 Å². The summed E-state index contributed by atoms with van der Waals surface area (Å²) in [5, 5.41) is 0. The number of nitrogens with zero attached hydrogens (tertiary/aromatic N) is 2. The van der Waals surface area contributed by atoms with Crippen LogP contribution in [0.2, 0.25) is 0 Å². The molecule has 0 aliphatic carbocycles. The van der Waals surface area contributed by atoms with Crippen molar-refractivity contribution in [1.29, 1.82) is 0 Å². The van der Waals surface area contributed by atoms with E-state index in [4.69, 9.17) is 10.7 Å². The molecule has 96 valence electrons. The highest BCUT2D eigenvalue weighted by Gasteiger charge is 2.17. The SMILES string of the molecule is CCCn1c(-c2ccccc2)nc(C(C)C)c1N. The Bertz CT molecular complexity index is 512. The van der Waals surface area contributed by atoms with Crippen LogP contribution in [-0.4, -0.2) is 9.55 Å². The minimum atomic E-state index is 0.352. The first-order valence-corrected chi connectivity index (χ1v) is 6.56. The highest BCUT2D eigenvalue weighted by Crippen LogP contribution is 2.28. The van der Waals surface area contributed by atoms with Crippen molar-refractivity contribution < 1.29 is 0 Å². The lowest BCUT2D eigenvalue weighted by molar-refractivity contribution is 0.692. The monoisotopic (exact) mass is 243 g/mol. The largest absolute Gasteiger partial charge is 0.384 e. The normalized spacial score (nSPS) is 11.1. The molecule has 2 aromatic rings. The Morgan fingerprint density at radius 3 is 2.44 bits per heavy atom. The fraction of sp³-hybridized carbons (Fsp3) is 0.400. The van der Waals surface area contributed by atoms with Crippen molar-refractivity contribution >= 4 is 5.82 Å². The molecule has 0 aliphatic heterocycles. The predicted octanol–water partition coefficient (Wildman–Crippen LogP) is 3.67. The van der Waals surface area contributed by atoms with E-state index >= 15 is 0 Å². The predicted molar refractivity (Wildman–Crippen MR) is 76.5 cm³/mol. The van der Waals surface area contributed by atoms with Crippen LogP contribution < -0.4 is 5.73 Å². The van der Waals surface area contributed by atoms with Crippen LogP contribution >= 0.6 is 0 Å². The zero-order valence-electron chi connectivity index (χ0n) is 11.4. The number of benzene rings is 1. The van der Waals surface area contributed by atoms with E-state index in [2.05, 4.69) is 37.5 Å². The summed E-state index contributed by atoms with van der Waals surface area (Å²) in [6.07, 6.45) is 1.05. The fourth-order valence-corrected chi connectivity index (χ4v) is 2.17. The molecule has 0 fully saturated rings. The Hall–Kier alpha value is -1.77. The molecule has 0 amide bonds. The summed E-state index contributed by atoms with van der Waals surface area (Å²) in [6, 6.07) is 10.2. The average molecular weight is 243 g/mol. The maximum atomic E-state index is 6.23. The van der Waals surface area contributed by atoms with E-state index in [1.807, 2.05) is 18.2 Å². The number of anilines is 1. The van der Waals surface area contributed by atoms with E-state index in [0.717, 1.165) is 35.9 Å². The van der Waals surface area contributed by atoms with Crippen molar-refractivity contribution in [2.24, 2.45) is 0 Å². The van der Waals surface area contributed by atoms with Gasteiger partial charge in [-0.3, -0.25) is 0 Å². The van der Waals surface area contributed by atoms with Crippen LogP contribution in [0.25, 0.3) is 11.4 Å². The highest BCUT2D eigenvalue weighted by atomic mass is 15.1. The van der Waals surface area contributed by atoms with Crippen LogP contribution in [0.3, 0.4) is 0 Å². The van der Waals surface area contributed by atoms with E-state index in [1.165, 1.54) is 0 Å². The molecule has 2 rings (SSSR count). The van der Waals surface area contributed by atoms with Crippen LogP contribution in [0.15, 0.2) is 30.3 Å². The Balaban J connectivity index is 2.55. The lowest BCUT2D eigenvalue weighted by Gasteiger charge is -2.08. The third-order valence-electron chi connectivity index (χ3n) is 3.06. The van der Waals surface area contributed by atoms with Gasteiger partial charge >= 0.3 is 0 Å². The van der Waals surface area contributed by atoms with Gasteiger partial charge in [0.05, 0.1) is 5.69 Å². The maximum absolute atomic E-state index is 6.23. The van der Waals surface area contributed by atoms with Gasteiger partial charge in [0.2, 0.25) is 0 Å². The lowest BCUT2D eigenvalue weighted by Crippen LogP contribution is -2.05. The molecule has 0 saturated carbocycles. The lowest BCUT2D eigenvalue weighted by atomic mass is 10.1. The van der Waals surface area contributed by atoms with Crippen molar-refractivity contribution in [3.05, 3.63) is 36.0 Å². The smallest absolute Gasteiger partial charge is 0.141 e. The molecule has 1 heterocycles. The molecule has 1 aromatic carbocycles. The molecule has 3 nitrogen and oxygen atoms in total. The zero-order valence-corrected chi connectivity index (χ0v) is 11.4. The van der Waals surface area contributed by atoms with Gasteiger partial charge in [-0.25, -0.2) is 4.98 Å². The third kappa shape index (κ3) is 2.26. The van der Waals surface area contributed by atoms with E-state index in [1.54, 1.807) is 0 Å². The minimum Gasteiger partial charge on any atom is -0.384 e. The van der Waals surface area contributed by atoms with Crippen LogP contribution in [-0.2, 0) is 6.54 Å². The molecule has 0 aliphatic rings. The van der Waals surface area contributed by atoms with Crippen LogP contribution in [0, 0.1) is 0 Å². The summed E-state index contributed by atoms with van der Waals surface area (Å²) in [6.45, 7) is 7.33. The second-order valence-electron chi connectivity index (χ2n) is 4.88. The molecule has 0 atom stereocenters. The van der Waals surface area contributed by atoms with E-state index in [9.17, 15) is 0 Å². The van der Waals surface area contributed by atoms with Crippen LogP contribution in [0.4, 0.5) is 5.82 Å². The molecule has 0 unspecified atom stereocenters. The standard InChI is InChI=1S/C15H21N3/c1-4-10-18-14(16)13(11(2)3)17-15(18)12-8-6-5-7-9-12/h5-9,11H,4,10,16H2,1-3H3. The maximum Gasteiger partial charge on any atom is 0.141 e. The van der Waals surface area contributed by atoms with Gasteiger partial charge in [0, 0.05) is 12.1 Å². The number of imidazole rings is 1. The molecular weight excluding hydrogens is 222 g/mol. The second kappa shape index (κ2) is 5.25. The Kier molecular flexibility index (Phi) is 3.70. The van der Waals surface area contributed by atoms with Crippen molar-refractivity contribution in [3.8, 4) is 11.4 Å². The minimum absolute atomic E-state index is 0.352. The van der Waals surface area contributed by atoms with Crippen LogP contribution in [0.1, 0.15) is 38.8 Å². The average Bonchev–Trinajstić information content (AvgIpc) is 2.69. The number of rotatable bonds is 4. The molecule has 0 saturated heterocycles. The molecule has 2 N–H and O–H groups in total. The first-order chi connectivity index (χ1) is 8.65. The number of aromatic nitrogens is 2. The van der Waals surface area contributed by atoms with E-state index in [0.29, 0.717) is 5.92 Å². The summed E-state index contributed by atoms with van der Waals surface area (Å²) in [7, 11) is 0. The number of nitrogens with two attached hydrogens (primary N) is 1. The summed E-state index contributed by atoms with van der Waals surface area (Å²) < 4.78 is 2.13. The summed E-state index contributed by atoms with van der Waals surface area (Å²) in [5.74, 6) is 2.15. The summed E-state index contributed by atoms with van der Waals surface area (Å²) >= 11 is 0.